The van der Waals surface area contributed by atoms with E-state index in [1.807, 2.05) is 6.07 Å². The van der Waals surface area contributed by atoms with Crippen LogP contribution in [0.3, 0.4) is 0 Å². The van der Waals surface area contributed by atoms with Crippen LogP contribution in [0.1, 0.15) is 56.4 Å². The van der Waals surface area contributed by atoms with E-state index in [-0.39, 0.29) is 29.7 Å². The van der Waals surface area contributed by atoms with Crippen LogP contribution in [0, 0.1) is 11.3 Å². The van der Waals surface area contributed by atoms with Gasteiger partial charge in [0.1, 0.15) is 12.3 Å². The molecule has 0 radical (unpaired) electrons. The number of carbonyl (C=O) groups is 2. The molecule has 0 bridgehead atoms. The van der Waals surface area contributed by atoms with Gasteiger partial charge in [-0.1, -0.05) is 20.8 Å². The van der Waals surface area contributed by atoms with Crippen molar-refractivity contribution in [3.05, 3.63) is 48.0 Å². The van der Waals surface area contributed by atoms with Crippen molar-refractivity contribution in [1.29, 1.82) is 0 Å². The fourth-order valence-corrected chi connectivity index (χ4v) is 5.60. The van der Waals surface area contributed by atoms with E-state index < -0.39 is 12.3 Å². The van der Waals surface area contributed by atoms with Gasteiger partial charge in [-0.3, -0.25) is 9.59 Å². The molecule has 0 saturated heterocycles. The van der Waals surface area contributed by atoms with E-state index in [0.29, 0.717) is 28.6 Å². The topological polar surface area (TPSA) is 85.7 Å². The van der Waals surface area contributed by atoms with Crippen LogP contribution in [0.4, 0.5) is 24.8 Å². The maximum Gasteiger partial charge on any atom is 0.573 e. The number of benzene rings is 2. The van der Waals surface area contributed by atoms with Gasteiger partial charge in [-0.25, -0.2) is 4.98 Å². The molecule has 210 valence electrons. The van der Waals surface area contributed by atoms with Gasteiger partial charge in [0.15, 0.2) is 0 Å². The van der Waals surface area contributed by atoms with Crippen molar-refractivity contribution in [2.45, 2.75) is 52.4 Å². The second kappa shape index (κ2) is 10.8. The average Bonchev–Trinajstić information content (AvgIpc) is 3.19. The maximum absolute atomic E-state index is 13.0. The lowest BCUT2D eigenvalue weighted by molar-refractivity contribution is -0.274. The molecule has 1 amide bonds. The summed E-state index contributed by atoms with van der Waals surface area (Å²) in [4.78, 5) is 30.7. The third kappa shape index (κ3) is 6.82. The summed E-state index contributed by atoms with van der Waals surface area (Å²) in [5.41, 5.74) is 2.44. The number of fused-ring (bicyclic) bond motifs is 1. The van der Waals surface area contributed by atoms with Gasteiger partial charge in [0.05, 0.1) is 18.1 Å². The number of rotatable bonds is 7. The Labute approximate surface area is 225 Å². The number of carbonyl (C=O) groups excluding carboxylic acids is 2. The first-order chi connectivity index (χ1) is 18.2. The molecule has 3 aromatic rings. The minimum Gasteiger partial charge on any atom is -0.468 e. The van der Waals surface area contributed by atoms with Crippen LogP contribution < -0.4 is 10.1 Å². The van der Waals surface area contributed by atoms with Gasteiger partial charge in [-0.2, -0.15) is 0 Å². The molecule has 0 spiro atoms. The van der Waals surface area contributed by atoms with Crippen LogP contribution in [-0.4, -0.2) is 53.4 Å². The highest BCUT2D eigenvalue weighted by Gasteiger charge is 2.35. The van der Waals surface area contributed by atoms with E-state index >= 15 is 0 Å². The normalized spacial score (nSPS) is 19.0. The Balaban J connectivity index is 1.71. The number of esters is 1. The average molecular weight is 547 g/mol. The van der Waals surface area contributed by atoms with Crippen molar-refractivity contribution in [3.8, 4) is 5.75 Å². The SMILES string of the molecule is COC(=O)CN(C)C(=O)c1ccc2c(c1)nc(Nc1ccc(OC(F)(F)F)cc1)n2[C@H]1C[C@@H](C)CC(C)(C)C1. The highest BCUT2D eigenvalue weighted by Crippen LogP contribution is 2.46. The molecule has 1 aliphatic rings. The summed E-state index contributed by atoms with van der Waals surface area (Å²) < 4.78 is 48.5. The van der Waals surface area contributed by atoms with Crippen molar-refractivity contribution >= 4 is 34.5 Å². The molecule has 4 rings (SSSR count). The molecule has 0 unspecified atom stereocenters. The maximum atomic E-state index is 13.0. The lowest BCUT2D eigenvalue weighted by Crippen LogP contribution is -2.32. The molecule has 1 heterocycles. The number of imidazole rings is 1. The molecule has 1 fully saturated rings. The Hall–Kier alpha value is -3.76. The molecule has 39 heavy (non-hydrogen) atoms. The highest BCUT2D eigenvalue weighted by atomic mass is 19.4. The van der Waals surface area contributed by atoms with Crippen LogP contribution in [0.5, 0.6) is 5.75 Å². The van der Waals surface area contributed by atoms with Crippen LogP contribution >= 0.6 is 0 Å². The zero-order valence-electron chi connectivity index (χ0n) is 22.6. The van der Waals surface area contributed by atoms with Crippen molar-refractivity contribution in [1.82, 2.24) is 14.5 Å². The standard InChI is InChI=1S/C28H33F3N4O4/c1-17-12-20(15-27(2,3)14-17)35-23-11-6-18(25(37)34(4)16-24(36)38-5)13-22(23)33-26(35)32-19-7-9-21(10-8-19)39-28(29,30)31/h6-11,13,17,20H,12,14-16H2,1-5H3,(H,32,33)/t17-,20+/m1/s1. The second-order valence-corrected chi connectivity index (χ2v) is 11.0. The molecule has 0 aliphatic heterocycles. The summed E-state index contributed by atoms with van der Waals surface area (Å²) >= 11 is 0. The number of aromatic nitrogens is 2. The van der Waals surface area contributed by atoms with Gasteiger partial charge in [-0.05, 0) is 73.1 Å². The number of alkyl halides is 3. The first-order valence-corrected chi connectivity index (χ1v) is 12.7. The Bertz CT molecular complexity index is 1350. The van der Waals surface area contributed by atoms with Crippen LogP contribution in [0.25, 0.3) is 11.0 Å². The molecular formula is C28H33F3N4O4. The van der Waals surface area contributed by atoms with Crippen molar-refractivity contribution in [2.24, 2.45) is 11.3 Å². The molecule has 11 heteroatoms. The summed E-state index contributed by atoms with van der Waals surface area (Å²) in [6.45, 7) is 6.54. The monoisotopic (exact) mass is 546 g/mol. The van der Waals surface area contributed by atoms with E-state index in [1.165, 1.54) is 43.3 Å². The van der Waals surface area contributed by atoms with Crippen LogP contribution in [0.2, 0.25) is 0 Å². The Kier molecular flexibility index (Phi) is 7.81. The zero-order valence-corrected chi connectivity index (χ0v) is 22.6. The summed E-state index contributed by atoms with van der Waals surface area (Å²) in [6.07, 6.45) is -1.82. The van der Waals surface area contributed by atoms with Crippen LogP contribution in [-0.2, 0) is 9.53 Å². The number of hydrogen-bond donors (Lipinski definition) is 1. The van der Waals surface area contributed by atoms with Gasteiger partial charge in [0.25, 0.3) is 5.91 Å². The van der Waals surface area contributed by atoms with E-state index in [4.69, 9.17) is 4.98 Å². The quantitative estimate of drug-likeness (QED) is 0.350. The van der Waals surface area contributed by atoms with Gasteiger partial charge in [-0.15, -0.1) is 13.2 Å². The smallest absolute Gasteiger partial charge is 0.468 e. The minimum atomic E-state index is -4.77. The van der Waals surface area contributed by atoms with Crippen molar-refractivity contribution < 1.29 is 32.2 Å². The summed E-state index contributed by atoms with van der Waals surface area (Å²) in [6, 6.07) is 10.8. The van der Waals surface area contributed by atoms with E-state index in [1.54, 1.807) is 12.1 Å². The van der Waals surface area contributed by atoms with Crippen molar-refractivity contribution in [2.75, 3.05) is 26.0 Å². The fraction of sp³-hybridized carbons (Fsp3) is 0.464. The molecule has 1 aromatic heterocycles. The summed E-state index contributed by atoms with van der Waals surface area (Å²) in [5.74, 6) is -0.182. The van der Waals surface area contributed by atoms with Gasteiger partial charge >= 0.3 is 12.3 Å². The Morgan fingerprint density at radius 1 is 1.15 bits per heavy atom. The molecule has 8 nitrogen and oxygen atoms in total. The summed E-state index contributed by atoms with van der Waals surface area (Å²) in [5, 5.41) is 3.26. The molecule has 1 N–H and O–H groups in total. The zero-order chi connectivity index (χ0) is 28.5. The fourth-order valence-electron chi connectivity index (χ4n) is 5.60. The Morgan fingerprint density at radius 2 is 1.85 bits per heavy atom. The number of nitrogens with zero attached hydrogens (tertiary/aromatic N) is 3. The minimum absolute atomic E-state index is 0.110. The number of ether oxygens (including phenoxy) is 2. The summed E-state index contributed by atoms with van der Waals surface area (Å²) in [7, 11) is 2.78. The lowest BCUT2D eigenvalue weighted by atomic mass is 9.70. The number of amides is 1. The predicted molar refractivity (Wildman–Crippen MR) is 141 cm³/mol. The number of hydrogen-bond acceptors (Lipinski definition) is 6. The molecular weight excluding hydrogens is 513 g/mol. The van der Waals surface area contributed by atoms with E-state index in [2.05, 4.69) is 40.1 Å². The molecule has 1 aliphatic carbocycles. The van der Waals surface area contributed by atoms with Gasteiger partial charge in [0.2, 0.25) is 5.95 Å². The number of halogens is 3. The molecule has 2 atom stereocenters. The van der Waals surface area contributed by atoms with Gasteiger partial charge < -0.3 is 24.3 Å². The number of methoxy groups -OCH3 is 1. The van der Waals surface area contributed by atoms with Crippen molar-refractivity contribution in [3.63, 3.8) is 0 Å². The highest BCUT2D eigenvalue weighted by molar-refractivity contribution is 5.99. The third-order valence-electron chi connectivity index (χ3n) is 6.95. The first-order valence-electron chi connectivity index (χ1n) is 12.7. The third-order valence-corrected chi connectivity index (χ3v) is 6.95. The molecule has 2 aromatic carbocycles. The number of likely N-dealkylation sites (N-methyl/N-ethyl adjacent to an activating group) is 1. The Morgan fingerprint density at radius 3 is 2.46 bits per heavy atom. The second-order valence-electron chi connectivity index (χ2n) is 11.0. The lowest BCUT2D eigenvalue weighted by Gasteiger charge is -2.40. The van der Waals surface area contributed by atoms with Gasteiger partial charge in [0, 0.05) is 24.3 Å². The number of nitrogens with one attached hydrogen (secondary N) is 1. The largest absolute Gasteiger partial charge is 0.573 e. The number of anilines is 2. The first kappa shape index (κ1) is 28.3. The van der Waals surface area contributed by atoms with Crippen LogP contribution in [0.15, 0.2) is 42.5 Å². The molecule has 1 saturated carbocycles. The van der Waals surface area contributed by atoms with E-state index in [9.17, 15) is 22.8 Å². The predicted octanol–water partition coefficient (Wildman–Crippen LogP) is 6.31. The van der Waals surface area contributed by atoms with E-state index in [0.717, 1.165) is 24.8 Å².